The van der Waals surface area contributed by atoms with Gasteiger partial charge in [0.15, 0.2) is 0 Å². The van der Waals surface area contributed by atoms with Crippen LogP contribution in [0.2, 0.25) is 5.02 Å². The van der Waals surface area contributed by atoms with E-state index < -0.39 is 5.97 Å². The number of hydrogen-bond donors (Lipinski definition) is 1. The van der Waals surface area contributed by atoms with Crippen LogP contribution in [-0.4, -0.2) is 16.1 Å². The summed E-state index contributed by atoms with van der Waals surface area (Å²) in [5, 5.41) is 9.45. The van der Waals surface area contributed by atoms with Crippen LogP contribution >= 0.6 is 11.6 Å². The predicted molar refractivity (Wildman–Crippen MR) is 71.7 cm³/mol. The molecule has 4 nitrogen and oxygen atoms in total. The molecule has 0 radical (unpaired) electrons. The molecule has 19 heavy (non-hydrogen) atoms. The van der Waals surface area contributed by atoms with Gasteiger partial charge in [0.25, 0.3) is 0 Å². The Morgan fingerprint density at radius 3 is 2.74 bits per heavy atom. The van der Waals surface area contributed by atoms with E-state index in [9.17, 15) is 4.79 Å². The third-order valence-corrected chi connectivity index (χ3v) is 3.01. The van der Waals surface area contributed by atoms with Crippen molar-refractivity contribution in [3.05, 3.63) is 58.4 Å². The second kappa shape index (κ2) is 5.71. The van der Waals surface area contributed by atoms with E-state index in [1.165, 1.54) is 12.3 Å². The van der Waals surface area contributed by atoms with Gasteiger partial charge in [-0.05, 0) is 42.8 Å². The summed E-state index contributed by atoms with van der Waals surface area (Å²) in [6.07, 6.45) is 1.31. The minimum Gasteiger partial charge on any atom is -0.487 e. The molecular formula is C14H12ClNO3. The first-order valence-corrected chi connectivity index (χ1v) is 6.01. The number of pyridine rings is 1. The monoisotopic (exact) mass is 277 g/mol. The zero-order valence-electron chi connectivity index (χ0n) is 10.3. The van der Waals surface area contributed by atoms with Gasteiger partial charge in [0, 0.05) is 11.2 Å². The van der Waals surface area contributed by atoms with E-state index in [2.05, 4.69) is 4.98 Å². The maximum absolute atomic E-state index is 10.7. The van der Waals surface area contributed by atoms with Crippen molar-refractivity contribution in [1.29, 1.82) is 0 Å². The Labute approximate surface area is 115 Å². The van der Waals surface area contributed by atoms with Gasteiger partial charge in [0.2, 0.25) is 0 Å². The summed E-state index contributed by atoms with van der Waals surface area (Å²) in [5.41, 5.74) is 1.76. The van der Waals surface area contributed by atoms with Crippen LogP contribution in [0.1, 0.15) is 21.6 Å². The van der Waals surface area contributed by atoms with E-state index in [4.69, 9.17) is 21.4 Å². The first-order valence-electron chi connectivity index (χ1n) is 5.63. The third kappa shape index (κ3) is 3.45. The van der Waals surface area contributed by atoms with Crippen LogP contribution in [0.4, 0.5) is 0 Å². The van der Waals surface area contributed by atoms with Crippen LogP contribution in [0.15, 0.2) is 36.5 Å². The van der Waals surface area contributed by atoms with Crippen molar-refractivity contribution < 1.29 is 14.6 Å². The molecule has 0 saturated carbocycles. The number of carboxylic acid groups (broad SMARTS) is 1. The van der Waals surface area contributed by atoms with Gasteiger partial charge < -0.3 is 9.84 Å². The number of halogens is 1. The van der Waals surface area contributed by atoms with Gasteiger partial charge in [0.1, 0.15) is 12.4 Å². The number of rotatable bonds is 4. The summed E-state index contributed by atoms with van der Waals surface area (Å²) in [5.74, 6) is -0.292. The Morgan fingerprint density at radius 1 is 1.37 bits per heavy atom. The van der Waals surface area contributed by atoms with Crippen molar-refractivity contribution in [2.24, 2.45) is 0 Å². The molecule has 2 rings (SSSR count). The molecule has 0 aliphatic rings. The standard InChI is InChI=1S/C14H12ClNO3/c1-9-6-12(4-5-13(9)15)19-8-11-3-2-10(7-16-11)14(17)18/h2-7H,8H2,1H3,(H,17,18). The van der Waals surface area contributed by atoms with Gasteiger partial charge in [0.05, 0.1) is 11.3 Å². The number of carboxylic acids is 1. The minimum absolute atomic E-state index is 0.158. The first kappa shape index (κ1) is 13.4. The zero-order valence-corrected chi connectivity index (χ0v) is 11.0. The van der Waals surface area contributed by atoms with Gasteiger partial charge in [-0.2, -0.15) is 0 Å². The Balaban J connectivity index is 2.01. The number of nitrogens with zero attached hydrogens (tertiary/aromatic N) is 1. The maximum atomic E-state index is 10.7. The van der Waals surface area contributed by atoms with Crippen LogP contribution in [0, 0.1) is 6.92 Å². The van der Waals surface area contributed by atoms with Crippen molar-refractivity contribution in [2.75, 3.05) is 0 Å². The van der Waals surface area contributed by atoms with Crippen LogP contribution in [0.25, 0.3) is 0 Å². The molecule has 2 aromatic rings. The Bertz CT molecular complexity index is 596. The van der Waals surface area contributed by atoms with Crippen LogP contribution in [0.5, 0.6) is 5.75 Å². The van der Waals surface area contributed by atoms with E-state index in [0.717, 1.165) is 5.56 Å². The fourth-order valence-electron chi connectivity index (χ4n) is 1.50. The Morgan fingerprint density at radius 2 is 2.16 bits per heavy atom. The number of aromatic nitrogens is 1. The number of benzene rings is 1. The third-order valence-electron chi connectivity index (χ3n) is 2.59. The topological polar surface area (TPSA) is 59.4 Å². The molecule has 0 atom stereocenters. The normalized spacial score (nSPS) is 10.2. The van der Waals surface area contributed by atoms with E-state index in [1.807, 2.05) is 13.0 Å². The van der Waals surface area contributed by atoms with E-state index in [0.29, 0.717) is 16.5 Å². The highest BCUT2D eigenvalue weighted by Crippen LogP contribution is 2.21. The average molecular weight is 278 g/mol. The van der Waals surface area contributed by atoms with Crippen molar-refractivity contribution in [1.82, 2.24) is 4.98 Å². The quantitative estimate of drug-likeness (QED) is 0.931. The van der Waals surface area contributed by atoms with Crippen molar-refractivity contribution in [2.45, 2.75) is 13.5 Å². The minimum atomic E-state index is -0.992. The molecule has 98 valence electrons. The summed E-state index contributed by atoms with van der Waals surface area (Å²) in [6.45, 7) is 2.18. The molecule has 0 aliphatic carbocycles. The van der Waals surface area contributed by atoms with Gasteiger partial charge in [-0.25, -0.2) is 4.79 Å². The lowest BCUT2D eigenvalue weighted by Gasteiger charge is -2.07. The number of hydrogen-bond acceptors (Lipinski definition) is 3. The number of ether oxygens (including phenoxy) is 1. The molecule has 1 aromatic heterocycles. The molecule has 5 heteroatoms. The molecule has 0 bridgehead atoms. The Hall–Kier alpha value is -2.07. The van der Waals surface area contributed by atoms with Gasteiger partial charge in [-0.15, -0.1) is 0 Å². The maximum Gasteiger partial charge on any atom is 0.337 e. The van der Waals surface area contributed by atoms with Gasteiger partial charge in [-0.1, -0.05) is 11.6 Å². The van der Waals surface area contributed by atoms with Crippen LogP contribution in [-0.2, 0) is 6.61 Å². The fourth-order valence-corrected chi connectivity index (χ4v) is 1.62. The number of aromatic carboxylic acids is 1. The molecule has 1 N–H and O–H groups in total. The molecule has 0 aliphatic heterocycles. The summed E-state index contributed by atoms with van der Waals surface area (Å²) in [6, 6.07) is 8.52. The predicted octanol–water partition coefficient (Wildman–Crippen LogP) is 3.32. The molecule has 0 amide bonds. The Kier molecular flexibility index (Phi) is 4.02. The molecule has 0 spiro atoms. The van der Waals surface area contributed by atoms with Crippen molar-refractivity contribution in [3.63, 3.8) is 0 Å². The lowest BCUT2D eigenvalue weighted by Crippen LogP contribution is -2.01. The smallest absolute Gasteiger partial charge is 0.337 e. The molecule has 0 saturated heterocycles. The summed E-state index contributed by atoms with van der Waals surface area (Å²) >= 11 is 5.92. The summed E-state index contributed by atoms with van der Waals surface area (Å²) < 4.78 is 5.56. The number of aryl methyl sites for hydroxylation is 1. The summed E-state index contributed by atoms with van der Waals surface area (Å²) in [4.78, 5) is 14.7. The highest BCUT2D eigenvalue weighted by atomic mass is 35.5. The SMILES string of the molecule is Cc1cc(OCc2ccc(C(=O)O)cn2)ccc1Cl. The van der Waals surface area contributed by atoms with Crippen LogP contribution < -0.4 is 4.74 Å². The molecule has 1 aromatic carbocycles. The summed E-state index contributed by atoms with van der Waals surface area (Å²) in [7, 11) is 0. The molecule has 0 unspecified atom stereocenters. The number of carbonyl (C=O) groups is 1. The highest BCUT2D eigenvalue weighted by molar-refractivity contribution is 6.31. The second-order valence-corrected chi connectivity index (χ2v) is 4.45. The lowest BCUT2D eigenvalue weighted by atomic mass is 10.2. The van der Waals surface area contributed by atoms with Gasteiger partial charge in [-0.3, -0.25) is 4.98 Å². The fraction of sp³-hybridized carbons (Fsp3) is 0.143. The van der Waals surface area contributed by atoms with E-state index in [-0.39, 0.29) is 12.2 Å². The van der Waals surface area contributed by atoms with E-state index in [1.54, 1.807) is 18.2 Å². The average Bonchev–Trinajstić information content (AvgIpc) is 2.40. The largest absolute Gasteiger partial charge is 0.487 e. The van der Waals surface area contributed by atoms with Crippen LogP contribution in [0.3, 0.4) is 0 Å². The van der Waals surface area contributed by atoms with Gasteiger partial charge >= 0.3 is 5.97 Å². The highest BCUT2D eigenvalue weighted by Gasteiger charge is 2.04. The molecule has 0 fully saturated rings. The lowest BCUT2D eigenvalue weighted by molar-refractivity contribution is 0.0696. The molecular weight excluding hydrogens is 266 g/mol. The first-order chi connectivity index (χ1) is 9.06. The second-order valence-electron chi connectivity index (χ2n) is 4.04. The molecule has 1 heterocycles. The van der Waals surface area contributed by atoms with E-state index >= 15 is 0 Å². The van der Waals surface area contributed by atoms with Crippen molar-refractivity contribution in [3.8, 4) is 5.75 Å². The van der Waals surface area contributed by atoms with Crippen molar-refractivity contribution >= 4 is 17.6 Å². The zero-order chi connectivity index (χ0) is 13.8.